The van der Waals surface area contributed by atoms with Gasteiger partial charge < -0.3 is 40.0 Å². The van der Waals surface area contributed by atoms with Crippen LogP contribution in [0.4, 0.5) is 28.8 Å². The maximum atomic E-state index is 13.4. The molecule has 4 heterocycles. The van der Waals surface area contributed by atoms with Crippen LogP contribution in [0.25, 0.3) is 0 Å². The molecule has 1 saturated heterocycles. The van der Waals surface area contributed by atoms with Crippen molar-refractivity contribution >= 4 is 75.9 Å². The minimum atomic E-state index is -1.04. The molecule has 0 spiro atoms. The molecule has 1 fully saturated rings. The number of ether oxygens (including phenoxy) is 3. The number of carbonyl (C=O) groups is 6. The average molecular weight is 953 g/mol. The lowest BCUT2D eigenvalue weighted by molar-refractivity contribution is -0.136. The third kappa shape index (κ3) is 11.0. The molecule has 0 radical (unpaired) electrons. The first kappa shape index (κ1) is 49.3. The quantitative estimate of drug-likeness (QED) is 0.0569. The summed E-state index contributed by atoms with van der Waals surface area (Å²) in [5, 5.41) is 12.3. The Balaban J connectivity index is 0.866. The first-order valence-corrected chi connectivity index (χ1v) is 23.0. The minimum Gasteiger partial charge on any atom is -0.495 e. The molecule has 1 aromatic heterocycles. The van der Waals surface area contributed by atoms with E-state index < -0.39 is 46.9 Å². The summed E-state index contributed by atoms with van der Waals surface area (Å²) in [6, 6.07) is 16.0. The van der Waals surface area contributed by atoms with E-state index in [1.54, 1.807) is 54.5 Å². The Morgan fingerprint density at radius 1 is 0.912 bits per heavy atom. The molecule has 0 aliphatic carbocycles. The van der Waals surface area contributed by atoms with Gasteiger partial charge in [-0.25, -0.2) is 4.98 Å². The molecule has 3 aliphatic rings. The number of benzene rings is 3. The molecule has 4 N–H and O–H groups in total. The number of nitrogens with one attached hydrogen (secondary N) is 4. The predicted molar refractivity (Wildman–Crippen MR) is 257 cm³/mol. The van der Waals surface area contributed by atoms with Gasteiger partial charge in [-0.3, -0.25) is 39.0 Å². The lowest BCUT2D eigenvalue weighted by Gasteiger charge is -2.40. The van der Waals surface area contributed by atoms with Gasteiger partial charge in [0.2, 0.25) is 23.7 Å². The summed E-state index contributed by atoms with van der Waals surface area (Å²) in [7, 11) is 3.24. The number of imide groups is 2. The van der Waals surface area contributed by atoms with E-state index in [-0.39, 0.29) is 35.8 Å². The van der Waals surface area contributed by atoms with Crippen molar-refractivity contribution in [2.24, 2.45) is 0 Å². The molecule has 4 aromatic rings. The third-order valence-electron chi connectivity index (χ3n) is 12.3. The van der Waals surface area contributed by atoms with E-state index >= 15 is 0 Å². The summed E-state index contributed by atoms with van der Waals surface area (Å²) in [5.41, 5.74) is 2.24. The van der Waals surface area contributed by atoms with Gasteiger partial charge in [0, 0.05) is 49.4 Å². The number of carbonyl (C=O) groups excluding carboxylic acids is 6. The third-order valence-corrected chi connectivity index (χ3v) is 12.6. The number of hydrogen-bond donors (Lipinski definition) is 4. The van der Waals surface area contributed by atoms with Crippen LogP contribution in [-0.2, 0) is 30.4 Å². The summed E-state index contributed by atoms with van der Waals surface area (Å²) in [5.74, 6) is -1.25. The van der Waals surface area contributed by atoms with E-state index in [1.807, 2.05) is 63.8 Å². The van der Waals surface area contributed by atoms with E-state index in [1.165, 1.54) is 7.11 Å². The molecule has 19 heteroatoms. The van der Waals surface area contributed by atoms with Crippen molar-refractivity contribution < 1.29 is 43.0 Å². The van der Waals surface area contributed by atoms with E-state index in [0.29, 0.717) is 97.3 Å². The Kier molecular flexibility index (Phi) is 15.0. The fraction of sp³-hybridized carbons (Fsp3) is 0.429. The molecule has 0 saturated carbocycles. The molecule has 18 nitrogen and oxygen atoms in total. The Morgan fingerprint density at radius 2 is 1.65 bits per heavy atom. The van der Waals surface area contributed by atoms with E-state index in [4.69, 9.17) is 30.8 Å². The Morgan fingerprint density at radius 3 is 2.37 bits per heavy atom. The second kappa shape index (κ2) is 20.7. The van der Waals surface area contributed by atoms with Crippen molar-refractivity contribution in [3.05, 3.63) is 94.1 Å². The normalized spacial score (nSPS) is 17.2. The van der Waals surface area contributed by atoms with Crippen LogP contribution in [0.2, 0.25) is 5.02 Å². The summed E-state index contributed by atoms with van der Waals surface area (Å²) in [6.07, 6.45) is 3.44. The number of nitrogens with zero attached hydrogens (tertiary/aromatic N) is 5. The summed E-state index contributed by atoms with van der Waals surface area (Å²) in [6.45, 7) is 11.6. The zero-order chi connectivity index (χ0) is 48.9. The molecule has 3 aliphatic heterocycles. The second-order valence-corrected chi connectivity index (χ2v) is 18.5. The molecular weight excluding hydrogens is 894 g/mol. The molecule has 68 heavy (non-hydrogen) atoms. The first-order valence-electron chi connectivity index (χ1n) is 22.7. The number of piperidine rings is 1. The Bertz CT molecular complexity index is 2590. The summed E-state index contributed by atoms with van der Waals surface area (Å²) >= 11 is 6.14. The standard InChI is InChI=1S/C49H58ClN9O9/c1-8-35-45(64)57(6)37-27-53-47(56-41(37)58(35)28-29-12-15-31(50)16-13-29)54-33-17-14-30(26-38(33)66-7)42(61)52-22-20-48(2,3)67-24-21-49(4,5)68-25-23-51-34-11-9-10-32-40(34)46(65)59(44(32)63)36-18-19-39(60)55-43(36)62/h9-17,26-27,35-36,51H,8,18-25,28H2,1-7H3,(H,52,61)(H,53,54,56)(H,55,60,62)/t35-,36?/m0/s1. The second-order valence-electron chi connectivity index (χ2n) is 18.1. The van der Waals surface area contributed by atoms with E-state index in [9.17, 15) is 28.8 Å². The number of likely N-dealkylation sites (N-methyl/N-ethyl adjacent to an activating group) is 1. The van der Waals surface area contributed by atoms with Gasteiger partial charge in [0.25, 0.3) is 17.7 Å². The van der Waals surface area contributed by atoms with E-state index in [2.05, 4.69) is 26.3 Å². The van der Waals surface area contributed by atoms with Crippen LogP contribution in [0, 0.1) is 0 Å². The van der Waals surface area contributed by atoms with Crippen LogP contribution in [-0.4, -0.2) is 114 Å². The number of hydrogen-bond acceptors (Lipinski definition) is 14. The highest BCUT2D eigenvalue weighted by atomic mass is 35.5. The zero-order valence-corrected chi connectivity index (χ0v) is 40.1. The minimum absolute atomic E-state index is 0.0432. The molecule has 3 aromatic carbocycles. The van der Waals surface area contributed by atoms with Gasteiger partial charge in [-0.05, 0) is 101 Å². The number of rotatable bonds is 20. The molecular formula is C49H58ClN9O9. The summed E-state index contributed by atoms with van der Waals surface area (Å²) < 4.78 is 18.1. The number of halogens is 1. The van der Waals surface area contributed by atoms with Gasteiger partial charge in [-0.1, -0.05) is 36.7 Å². The highest BCUT2D eigenvalue weighted by molar-refractivity contribution is 6.30. The van der Waals surface area contributed by atoms with Gasteiger partial charge in [0.1, 0.15) is 23.5 Å². The van der Waals surface area contributed by atoms with Crippen molar-refractivity contribution in [3.8, 4) is 5.75 Å². The Labute approximate surface area is 400 Å². The molecule has 6 amide bonds. The fourth-order valence-corrected chi connectivity index (χ4v) is 8.52. The zero-order valence-electron chi connectivity index (χ0n) is 39.4. The highest BCUT2D eigenvalue weighted by Crippen LogP contribution is 2.38. The van der Waals surface area contributed by atoms with Gasteiger partial charge in [-0.15, -0.1) is 0 Å². The molecule has 2 atom stereocenters. The lowest BCUT2D eigenvalue weighted by Crippen LogP contribution is -2.54. The molecule has 7 rings (SSSR count). The number of aromatic nitrogens is 2. The van der Waals surface area contributed by atoms with Gasteiger partial charge in [-0.2, -0.15) is 4.98 Å². The number of anilines is 5. The number of amides is 6. The topological polar surface area (TPSA) is 214 Å². The lowest BCUT2D eigenvalue weighted by atomic mass is 10.0. The summed E-state index contributed by atoms with van der Waals surface area (Å²) in [4.78, 5) is 91.3. The van der Waals surface area contributed by atoms with Crippen molar-refractivity contribution in [2.75, 3.05) is 60.9 Å². The van der Waals surface area contributed by atoms with Gasteiger partial charge in [0.15, 0.2) is 5.82 Å². The fourth-order valence-electron chi connectivity index (χ4n) is 8.39. The Hall–Kier alpha value is -6.63. The maximum Gasteiger partial charge on any atom is 0.264 e. The number of methoxy groups -OCH3 is 1. The van der Waals surface area contributed by atoms with Crippen LogP contribution < -0.4 is 35.8 Å². The largest absolute Gasteiger partial charge is 0.495 e. The number of fused-ring (bicyclic) bond motifs is 2. The van der Waals surface area contributed by atoms with Crippen LogP contribution in [0.5, 0.6) is 5.75 Å². The smallest absolute Gasteiger partial charge is 0.264 e. The monoisotopic (exact) mass is 951 g/mol. The van der Waals surface area contributed by atoms with Gasteiger partial charge in [0.05, 0.1) is 54.5 Å². The van der Waals surface area contributed by atoms with Crippen LogP contribution in [0.3, 0.4) is 0 Å². The van der Waals surface area contributed by atoms with Crippen LogP contribution in [0.15, 0.2) is 66.9 Å². The van der Waals surface area contributed by atoms with Crippen molar-refractivity contribution in [3.63, 3.8) is 0 Å². The first-order chi connectivity index (χ1) is 32.4. The van der Waals surface area contributed by atoms with Crippen LogP contribution in [0.1, 0.15) is 103 Å². The molecule has 1 unspecified atom stereocenters. The molecule has 0 bridgehead atoms. The van der Waals surface area contributed by atoms with Crippen molar-refractivity contribution in [1.29, 1.82) is 0 Å². The van der Waals surface area contributed by atoms with Crippen LogP contribution >= 0.6 is 11.6 Å². The predicted octanol–water partition coefficient (Wildman–Crippen LogP) is 6.26. The average Bonchev–Trinajstić information content (AvgIpc) is 3.56. The highest BCUT2D eigenvalue weighted by Gasteiger charge is 2.46. The van der Waals surface area contributed by atoms with E-state index in [0.717, 1.165) is 10.5 Å². The van der Waals surface area contributed by atoms with Crippen molar-refractivity contribution in [2.45, 2.75) is 96.6 Å². The maximum absolute atomic E-state index is 13.4. The van der Waals surface area contributed by atoms with Gasteiger partial charge >= 0.3 is 0 Å². The SMILES string of the molecule is CC[C@H]1C(=O)N(C)c2cnc(Nc3ccc(C(=O)NCCC(C)(C)OCCC(C)(C)OCCNc4cccc5c4C(=O)N(C4CCC(=O)NC4=O)C5=O)cc3OC)nc2N1Cc1ccc(Cl)cc1. The van der Waals surface area contributed by atoms with Crippen molar-refractivity contribution in [1.82, 2.24) is 25.5 Å². The molecule has 360 valence electrons.